The number of benzene rings is 2. The molecule has 1 unspecified atom stereocenters. The zero-order chi connectivity index (χ0) is 17.4. The number of nitrogens with one attached hydrogen (secondary N) is 1. The van der Waals surface area contributed by atoms with Crippen molar-refractivity contribution in [1.29, 1.82) is 5.26 Å². The predicted octanol–water partition coefficient (Wildman–Crippen LogP) is 2.63. The molecule has 6 heteroatoms. The van der Waals surface area contributed by atoms with E-state index in [1.54, 1.807) is 48.5 Å². The Morgan fingerprint density at radius 2 is 2.08 bits per heavy atom. The number of amides is 1. The second-order valence-electron chi connectivity index (χ2n) is 5.11. The number of aliphatic hydroxyl groups excluding tert-OH is 1. The smallest absolute Gasteiger partial charge is 0.224 e. The van der Waals surface area contributed by atoms with Crippen LogP contribution in [0.15, 0.2) is 48.5 Å². The standard InChI is InChI=1S/C18H17ClN2O3/c19-16-7-2-1-6-15(16)17(22)12-21-18(23)11-13-4-3-5-14(10-13)24-9-8-20/h1-7,10,17,22H,9,11-12H2,(H,21,23). The number of nitrogens with zero attached hydrogens (tertiary/aromatic N) is 1. The van der Waals surface area contributed by atoms with Crippen molar-refractivity contribution < 1.29 is 14.6 Å². The summed E-state index contributed by atoms with van der Waals surface area (Å²) in [7, 11) is 0. The van der Waals surface area contributed by atoms with Crippen LogP contribution in [0, 0.1) is 11.3 Å². The summed E-state index contributed by atoms with van der Waals surface area (Å²) in [4.78, 5) is 12.0. The van der Waals surface area contributed by atoms with Gasteiger partial charge < -0.3 is 15.2 Å². The number of carbonyl (C=O) groups excluding carboxylic acids is 1. The topological polar surface area (TPSA) is 82.3 Å². The summed E-state index contributed by atoms with van der Waals surface area (Å²) in [5.74, 6) is 0.316. The van der Waals surface area contributed by atoms with Crippen LogP contribution in [-0.4, -0.2) is 24.2 Å². The predicted molar refractivity (Wildman–Crippen MR) is 90.7 cm³/mol. The monoisotopic (exact) mass is 344 g/mol. The molecule has 5 nitrogen and oxygen atoms in total. The molecule has 0 spiro atoms. The highest BCUT2D eigenvalue weighted by atomic mass is 35.5. The molecule has 0 aliphatic carbocycles. The van der Waals surface area contributed by atoms with E-state index in [1.807, 2.05) is 6.07 Å². The summed E-state index contributed by atoms with van der Waals surface area (Å²) in [6, 6.07) is 15.8. The van der Waals surface area contributed by atoms with Crippen molar-refractivity contribution in [1.82, 2.24) is 5.32 Å². The number of ether oxygens (including phenoxy) is 1. The molecule has 1 atom stereocenters. The highest BCUT2D eigenvalue weighted by molar-refractivity contribution is 6.31. The summed E-state index contributed by atoms with van der Waals surface area (Å²) < 4.78 is 5.20. The third-order valence-corrected chi connectivity index (χ3v) is 3.67. The first-order chi connectivity index (χ1) is 11.6. The van der Waals surface area contributed by atoms with Gasteiger partial charge in [0.25, 0.3) is 0 Å². The van der Waals surface area contributed by atoms with Crippen LogP contribution in [-0.2, 0) is 11.2 Å². The van der Waals surface area contributed by atoms with Gasteiger partial charge in [0.05, 0.1) is 12.5 Å². The Balaban J connectivity index is 1.87. The summed E-state index contributed by atoms with van der Waals surface area (Å²) in [5, 5.41) is 21.8. The molecule has 0 aliphatic rings. The van der Waals surface area contributed by atoms with Crippen LogP contribution in [0.2, 0.25) is 5.02 Å². The Morgan fingerprint density at radius 1 is 1.29 bits per heavy atom. The zero-order valence-electron chi connectivity index (χ0n) is 12.9. The van der Waals surface area contributed by atoms with Crippen molar-refractivity contribution in [2.24, 2.45) is 0 Å². The number of hydrogen-bond donors (Lipinski definition) is 2. The first-order valence-corrected chi connectivity index (χ1v) is 7.76. The van der Waals surface area contributed by atoms with Crippen molar-refractivity contribution in [2.45, 2.75) is 12.5 Å². The Labute approximate surface area is 145 Å². The average molecular weight is 345 g/mol. The van der Waals surface area contributed by atoms with Gasteiger partial charge >= 0.3 is 0 Å². The van der Waals surface area contributed by atoms with Gasteiger partial charge in [-0.3, -0.25) is 4.79 Å². The second-order valence-corrected chi connectivity index (χ2v) is 5.52. The van der Waals surface area contributed by atoms with Crippen LogP contribution >= 0.6 is 11.6 Å². The van der Waals surface area contributed by atoms with Gasteiger partial charge in [0.2, 0.25) is 5.91 Å². The molecule has 0 fully saturated rings. The highest BCUT2D eigenvalue weighted by Crippen LogP contribution is 2.21. The Bertz CT molecular complexity index is 743. The van der Waals surface area contributed by atoms with E-state index in [0.29, 0.717) is 16.3 Å². The number of rotatable bonds is 7. The third-order valence-electron chi connectivity index (χ3n) is 3.32. The largest absolute Gasteiger partial charge is 0.479 e. The van der Waals surface area contributed by atoms with E-state index in [2.05, 4.69) is 5.32 Å². The van der Waals surface area contributed by atoms with Gasteiger partial charge in [0.15, 0.2) is 6.61 Å². The normalized spacial score (nSPS) is 11.4. The molecule has 124 valence electrons. The molecule has 2 N–H and O–H groups in total. The van der Waals surface area contributed by atoms with E-state index in [0.717, 1.165) is 5.56 Å². The fraction of sp³-hybridized carbons (Fsp3) is 0.222. The first-order valence-electron chi connectivity index (χ1n) is 7.38. The molecule has 2 aromatic rings. The van der Waals surface area contributed by atoms with E-state index >= 15 is 0 Å². The van der Waals surface area contributed by atoms with E-state index in [4.69, 9.17) is 21.6 Å². The molecule has 0 bridgehead atoms. The van der Waals surface area contributed by atoms with Crippen molar-refractivity contribution in [3.8, 4) is 11.8 Å². The van der Waals surface area contributed by atoms with Crippen molar-refractivity contribution in [3.05, 3.63) is 64.7 Å². The lowest BCUT2D eigenvalue weighted by atomic mass is 10.1. The second kappa shape index (κ2) is 8.92. The molecule has 0 saturated heterocycles. The van der Waals surface area contributed by atoms with Gasteiger partial charge in [-0.2, -0.15) is 5.26 Å². The van der Waals surface area contributed by atoms with Gasteiger partial charge in [0.1, 0.15) is 11.8 Å². The SMILES string of the molecule is N#CCOc1cccc(CC(=O)NCC(O)c2ccccc2Cl)c1. The number of aliphatic hydroxyl groups is 1. The fourth-order valence-electron chi connectivity index (χ4n) is 2.17. The highest BCUT2D eigenvalue weighted by Gasteiger charge is 2.12. The molecule has 0 heterocycles. The number of halogens is 1. The molecule has 1 amide bonds. The molecule has 0 aliphatic heterocycles. The van der Waals surface area contributed by atoms with Crippen LogP contribution in [0.3, 0.4) is 0 Å². The Kier molecular flexibility index (Phi) is 6.62. The lowest BCUT2D eigenvalue weighted by molar-refractivity contribution is -0.120. The summed E-state index contributed by atoms with van der Waals surface area (Å²) in [5.41, 5.74) is 1.33. The maximum absolute atomic E-state index is 12.0. The number of hydrogen-bond acceptors (Lipinski definition) is 4. The minimum atomic E-state index is -0.868. The average Bonchev–Trinajstić information content (AvgIpc) is 2.58. The molecule has 0 radical (unpaired) electrons. The van der Waals surface area contributed by atoms with Crippen LogP contribution < -0.4 is 10.1 Å². The van der Waals surface area contributed by atoms with E-state index in [1.165, 1.54) is 0 Å². The quantitative estimate of drug-likeness (QED) is 0.809. The maximum Gasteiger partial charge on any atom is 0.224 e. The number of nitriles is 1. The summed E-state index contributed by atoms with van der Waals surface area (Å²) in [6.45, 7) is 0.0346. The molecule has 2 aromatic carbocycles. The van der Waals surface area contributed by atoms with E-state index in [-0.39, 0.29) is 25.5 Å². The minimum Gasteiger partial charge on any atom is -0.479 e. The van der Waals surface area contributed by atoms with Gasteiger partial charge in [-0.15, -0.1) is 0 Å². The number of carbonyl (C=O) groups is 1. The third kappa shape index (κ3) is 5.27. The van der Waals surface area contributed by atoms with Crippen molar-refractivity contribution in [3.63, 3.8) is 0 Å². The summed E-state index contributed by atoms with van der Waals surface area (Å²) in [6.07, 6.45) is -0.716. The van der Waals surface area contributed by atoms with Crippen LogP contribution in [0.25, 0.3) is 0 Å². The molecule has 2 rings (SSSR count). The molecule has 24 heavy (non-hydrogen) atoms. The van der Waals surface area contributed by atoms with Crippen LogP contribution in [0.5, 0.6) is 5.75 Å². The lowest BCUT2D eigenvalue weighted by Gasteiger charge is -2.13. The molecule has 0 aromatic heterocycles. The Morgan fingerprint density at radius 3 is 2.83 bits per heavy atom. The molecule has 0 saturated carbocycles. The zero-order valence-corrected chi connectivity index (χ0v) is 13.7. The maximum atomic E-state index is 12.0. The van der Waals surface area contributed by atoms with Crippen molar-refractivity contribution in [2.75, 3.05) is 13.2 Å². The van der Waals surface area contributed by atoms with E-state index in [9.17, 15) is 9.90 Å². The van der Waals surface area contributed by atoms with Crippen molar-refractivity contribution >= 4 is 17.5 Å². The molecular weight excluding hydrogens is 328 g/mol. The Hall–Kier alpha value is -2.55. The summed E-state index contributed by atoms with van der Waals surface area (Å²) >= 11 is 6.01. The fourth-order valence-corrected chi connectivity index (χ4v) is 2.44. The molecular formula is C18H17ClN2O3. The van der Waals surface area contributed by atoms with Crippen LogP contribution in [0.1, 0.15) is 17.2 Å². The first kappa shape index (κ1) is 17.8. The van der Waals surface area contributed by atoms with Gasteiger partial charge in [-0.25, -0.2) is 0 Å². The van der Waals surface area contributed by atoms with E-state index < -0.39 is 6.10 Å². The van der Waals surface area contributed by atoms with Gasteiger partial charge in [-0.05, 0) is 23.8 Å². The van der Waals surface area contributed by atoms with Crippen LogP contribution in [0.4, 0.5) is 0 Å². The van der Waals surface area contributed by atoms with Gasteiger partial charge in [0, 0.05) is 17.1 Å². The lowest BCUT2D eigenvalue weighted by Crippen LogP contribution is -2.29. The van der Waals surface area contributed by atoms with Gasteiger partial charge in [-0.1, -0.05) is 41.9 Å². The minimum absolute atomic E-state index is 0.0420.